The summed E-state index contributed by atoms with van der Waals surface area (Å²) in [7, 11) is 2.69. The second-order valence-corrected chi connectivity index (χ2v) is 8.30. The van der Waals surface area contributed by atoms with Crippen LogP contribution in [0.1, 0.15) is 32.5 Å². The Bertz CT molecular complexity index is 1330. The van der Waals surface area contributed by atoms with Crippen molar-refractivity contribution in [3.05, 3.63) is 81.6 Å². The molecular weight excluding hydrogens is 463 g/mol. The van der Waals surface area contributed by atoms with Crippen LogP contribution in [0.5, 0.6) is 5.75 Å². The predicted molar refractivity (Wildman–Crippen MR) is 122 cm³/mol. The molecule has 8 nitrogen and oxygen atoms in total. The van der Waals surface area contributed by atoms with E-state index in [1.807, 2.05) is 0 Å². The Morgan fingerprint density at radius 2 is 1.79 bits per heavy atom. The van der Waals surface area contributed by atoms with Crippen molar-refractivity contribution in [1.82, 2.24) is 4.98 Å². The van der Waals surface area contributed by atoms with Gasteiger partial charge in [0.05, 0.1) is 25.5 Å². The number of anilines is 1. The van der Waals surface area contributed by atoms with Crippen LogP contribution < -0.4 is 9.64 Å². The van der Waals surface area contributed by atoms with Gasteiger partial charge in [-0.05, 0) is 37.3 Å². The molecule has 174 valence electrons. The van der Waals surface area contributed by atoms with E-state index in [0.29, 0.717) is 5.75 Å². The van der Waals surface area contributed by atoms with Gasteiger partial charge in [0.1, 0.15) is 28.2 Å². The lowest BCUT2D eigenvalue weighted by Gasteiger charge is -2.23. The topological polar surface area (TPSA) is 106 Å². The first-order valence-corrected chi connectivity index (χ1v) is 10.9. The number of carbonyl (C=O) groups excluding carboxylic acids is 3. The third-order valence-corrected chi connectivity index (χ3v) is 6.51. The van der Waals surface area contributed by atoms with Crippen molar-refractivity contribution in [3.63, 3.8) is 0 Å². The Balaban J connectivity index is 1.94. The van der Waals surface area contributed by atoms with Gasteiger partial charge in [0.25, 0.3) is 5.78 Å². The summed E-state index contributed by atoms with van der Waals surface area (Å²) in [6.07, 6.45) is 0. The number of rotatable bonds is 5. The molecule has 0 radical (unpaired) electrons. The Morgan fingerprint density at radius 1 is 1.12 bits per heavy atom. The van der Waals surface area contributed by atoms with Gasteiger partial charge in [-0.25, -0.2) is 14.2 Å². The quantitative estimate of drug-likeness (QED) is 0.253. The number of benzene rings is 2. The first kappa shape index (κ1) is 23.1. The van der Waals surface area contributed by atoms with E-state index in [2.05, 4.69) is 4.98 Å². The highest BCUT2D eigenvalue weighted by atomic mass is 32.1. The number of halogens is 1. The summed E-state index contributed by atoms with van der Waals surface area (Å²) in [5.74, 6) is -3.29. The summed E-state index contributed by atoms with van der Waals surface area (Å²) in [5.41, 5.74) is 0.221. The number of carbonyl (C=O) groups is 3. The predicted octanol–water partition coefficient (Wildman–Crippen LogP) is 4.01. The van der Waals surface area contributed by atoms with Crippen LogP contribution in [-0.4, -0.2) is 42.0 Å². The average molecular weight is 482 g/mol. The lowest BCUT2D eigenvalue weighted by molar-refractivity contribution is -0.132. The van der Waals surface area contributed by atoms with Crippen LogP contribution in [0, 0.1) is 12.7 Å². The molecule has 0 saturated carbocycles. The van der Waals surface area contributed by atoms with Crippen LogP contribution in [0.4, 0.5) is 9.52 Å². The molecule has 1 atom stereocenters. The molecule has 1 aromatic heterocycles. The van der Waals surface area contributed by atoms with Crippen LogP contribution in [-0.2, 0) is 14.3 Å². The van der Waals surface area contributed by atoms with Gasteiger partial charge in [-0.3, -0.25) is 14.5 Å². The molecule has 1 N–H and O–H groups in total. The van der Waals surface area contributed by atoms with Gasteiger partial charge >= 0.3 is 11.9 Å². The van der Waals surface area contributed by atoms with Crippen molar-refractivity contribution in [3.8, 4) is 5.75 Å². The zero-order chi connectivity index (χ0) is 24.6. The molecule has 10 heteroatoms. The van der Waals surface area contributed by atoms with Gasteiger partial charge < -0.3 is 14.6 Å². The summed E-state index contributed by atoms with van der Waals surface area (Å²) in [6.45, 7) is 1.55. The van der Waals surface area contributed by atoms with Gasteiger partial charge in [-0.2, -0.15) is 0 Å². The highest BCUT2D eigenvalue weighted by Gasteiger charge is 2.49. The Hall–Kier alpha value is -4.05. The van der Waals surface area contributed by atoms with E-state index in [1.54, 1.807) is 25.1 Å². The third kappa shape index (κ3) is 3.81. The standard InChI is InChI=1S/C24H19FN2O6S/c1-12-21(23(31)33-3)34-24(26-12)27-18(15-6-4-5-7-16(15)25)17(20(29)22(27)30)19(28)13-8-10-14(32-2)11-9-13/h4-11,18,28H,1-3H3/b19-17-. The SMILES string of the molecule is COC(=O)c1sc(N2C(=O)C(=O)/C(=C(\O)c3ccc(OC)cc3)C2c2ccccc2F)nc1C. The number of nitrogens with zero attached hydrogens (tertiary/aromatic N) is 2. The van der Waals surface area contributed by atoms with Crippen LogP contribution in [0.3, 0.4) is 0 Å². The molecule has 2 aromatic carbocycles. The van der Waals surface area contributed by atoms with Crippen LogP contribution in [0.15, 0.2) is 54.1 Å². The second-order valence-electron chi connectivity index (χ2n) is 7.32. The molecule has 1 saturated heterocycles. The zero-order valence-corrected chi connectivity index (χ0v) is 19.2. The van der Waals surface area contributed by atoms with Gasteiger partial charge in [0.15, 0.2) is 5.13 Å². The maximum Gasteiger partial charge on any atom is 0.350 e. The minimum absolute atomic E-state index is 0.00188. The summed E-state index contributed by atoms with van der Waals surface area (Å²) in [5, 5.41) is 11.1. The molecule has 1 fully saturated rings. The number of aryl methyl sites for hydroxylation is 1. The van der Waals surface area contributed by atoms with E-state index < -0.39 is 35.3 Å². The van der Waals surface area contributed by atoms with Crippen LogP contribution in [0.2, 0.25) is 0 Å². The number of hydrogen-bond acceptors (Lipinski definition) is 8. The van der Waals surface area contributed by atoms with Crippen LogP contribution in [0.25, 0.3) is 5.76 Å². The van der Waals surface area contributed by atoms with Crippen molar-refractivity contribution in [2.24, 2.45) is 0 Å². The molecule has 3 aromatic rings. The van der Waals surface area contributed by atoms with Crippen molar-refractivity contribution >= 4 is 39.9 Å². The number of methoxy groups -OCH3 is 2. The van der Waals surface area contributed by atoms with Crippen LogP contribution >= 0.6 is 11.3 Å². The molecule has 0 bridgehead atoms. The van der Waals surface area contributed by atoms with Crippen molar-refractivity contribution < 1.29 is 33.4 Å². The molecule has 4 rings (SSSR count). The average Bonchev–Trinajstić information content (AvgIpc) is 3.35. The minimum atomic E-state index is -1.31. The number of ether oxygens (including phenoxy) is 2. The van der Waals surface area contributed by atoms with Crippen molar-refractivity contribution in [2.45, 2.75) is 13.0 Å². The number of aliphatic hydroxyl groups excluding tert-OH is 1. The van der Waals surface area contributed by atoms with E-state index in [4.69, 9.17) is 9.47 Å². The highest BCUT2D eigenvalue weighted by Crippen LogP contribution is 2.44. The number of aromatic nitrogens is 1. The van der Waals surface area contributed by atoms with Crippen molar-refractivity contribution in [2.75, 3.05) is 19.1 Å². The summed E-state index contributed by atoms with van der Waals surface area (Å²) < 4.78 is 24.8. The van der Waals surface area contributed by atoms with Gasteiger partial charge in [-0.1, -0.05) is 29.5 Å². The minimum Gasteiger partial charge on any atom is -0.507 e. The highest BCUT2D eigenvalue weighted by molar-refractivity contribution is 7.17. The van der Waals surface area contributed by atoms with E-state index >= 15 is 0 Å². The van der Waals surface area contributed by atoms with Crippen molar-refractivity contribution in [1.29, 1.82) is 0 Å². The number of Topliss-reactive ketones (excluding diaryl/α,β-unsaturated/α-hetero) is 1. The van der Waals surface area contributed by atoms with E-state index in [0.717, 1.165) is 16.2 Å². The molecule has 0 aliphatic carbocycles. The second kappa shape index (κ2) is 9.06. The first-order chi connectivity index (χ1) is 16.3. The number of aliphatic hydroxyl groups is 1. The van der Waals surface area contributed by atoms with Gasteiger partial charge in [0, 0.05) is 11.1 Å². The molecule has 2 heterocycles. The third-order valence-electron chi connectivity index (χ3n) is 5.37. The van der Waals surface area contributed by atoms with E-state index in [1.165, 1.54) is 44.6 Å². The Labute approximate surface area is 197 Å². The lowest BCUT2D eigenvalue weighted by Crippen LogP contribution is -2.29. The van der Waals surface area contributed by atoms with Gasteiger partial charge in [-0.15, -0.1) is 0 Å². The number of esters is 1. The van der Waals surface area contributed by atoms with Gasteiger partial charge in [0.2, 0.25) is 0 Å². The maximum atomic E-state index is 14.9. The maximum absolute atomic E-state index is 14.9. The molecule has 1 aliphatic rings. The molecule has 1 aliphatic heterocycles. The summed E-state index contributed by atoms with van der Waals surface area (Å²) in [4.78, 5) is 43.8. The summed E-state index contributed by atoms with van der Waals surface area (Å²) >= 11 is 0.838. The van der Waals surface area contributed by atoms with E-state index in [9.17, 15) is 23.9 Å². The largest absolute Gasteiger partial charge is 0.507 e. The fourth-order valence-electron chi connectivity index (χ4n) is 3.69. The molecule has 0 spiro atoms. The van der Waals surface area contributed by atoms with E-state index in [-0.39, 0.29) is 32.4 Å². The Kier molecular flexibility index (Phi) is 6.16. The molecule has 1 amide bonds. The fraction of sp³-hybridized carbons (Fsp3) is 0.167. The first-order valence-electron chi connectivity index (χ1n) is 10.0. The molecule has 34 heavy (non-hydrogen) atoms. The Morgan fingerprint density at radius 3 is 2.41 bits per heavy atom. The number of thiazole rings is 1. The molecular formula is C24H19FN2O6S. The number of hydrogen-bond donors (Lipinski definition) is 1. The number of amides is 1. The monoisotopic (exact) mass is 482 g/mol. The molecule has 1 unspecified atom stereocenters. The summed E-state index contributed by atoms with van der Waals surface area (Å²) in [6, 6.07) is 10.5. The number of ketones is 1. The fourth-order valence-corrected chi connectivity index (χ4v) is 4.70. The smallest absolute Gasteiger partial charge is 0.350 e. The lowest BCUT2D eigenvalue weighted by atomic mass is 9.95. The normalized spacial score (nSPS) is 17.2. The zero-order valence-electron chi connectivity index (χ0n) is 18.4.